The summed E-state index contributed by atoms with van der Waals surface area (Å²) in [5.74, 6) is -0.102. The predicted octanol–water partition coefficient (Wildman–Crippen LogP) is 1.02. The highest BCUT2D eigenvalue weighted by Crippen LogP contribution is 2.32. The van der Waals surface area contributed by atoms with E-state index in [0.717, 1.165) is 18.4 Å². The Morgan fingerprint density at radius 2 is 1.61 bits per heavy atom. The predicted molar refractivity (Wildman–Crippen MR) is 66.6 cm³/mol. The average Bonchev–Trinajstić information content (AvgIpc) is 2.76. The maximum absolute atomic E-state index is 12.1. The first-order valence-electron chi connectivity index (χ1n) is 6.29. The van der Waals surface area contributed by atoms with E-state index in [1.165, 1.54) is 4.90 Å². The molecule has 2 aliphatic heterocycles. The van der Waals surface area contributed by atoms with Crippen molar-refractivity contribution in [3.63, 3.8) is 0 Å². The summed E-state index contributed by atoms with van der Waals surface area (Å²) in [6.45, 7) is 0.682. The van der Waals surface area contributed by atoms with Gasteiger partial charge < -0.3 is 0 Å². The van der Waals surface area contributed by atoms with E-state index in [4.69, 9.17) is 0 Å². The topological polar surface area (TPSA) is 40.6 Å². The van der Waals surface area contributed by atoms with Crippen LogP contribution in [0.3, 0.4) is 0 Å². The van der Waals surface area contributed by atoms with Gasteiger partial charge in [0, 0.05) is 13.6 Å². The number of likely N-dealkylation sites (N-methyl/N-ethyl adjacent to an activating group) is 1. The number of carbonyl (C=O) groups excluding carboxylic acids is 2. The van der Waals surface area contributed by atoms with E-state index in [9.17, 15) is 9.59 Å². The molecular weight excluding hydrogens is 228 g/mol. The van der Waals surface area contributed by atoms with Crippen molar-refractivity contribution in [3.05, 3.63) is 35.9 Å². The number of nitrogens with zero attached hydrogens (tertiary/aromatic N) is 2. The van der Waals surface area contributed by atoms with Crippen LogP contribution in [-0.2, 0) is 16.1 Å². The SMILES string of the molecule is CN1C(=O)[C@H]2CC[C@@H](C1=O)N2Cc1ccccc1. The van der Waals surface area contributed by atoms with Crippen molar-refractivity contribution < 1.29 is 9.59 Å². The van der Waals surface area contributed by atoms with E-state index < -0.39 is 0 Å². The standard InChI is InChI=1S/C14H16N2O2/c1-15-13(17)11-7-8-12(14(15)18)16(11)9-10-5-3-2-4-6-10/h2-6,11-12H,7-9H2,1H3/t11-,12+. The van der Waals surface area contributed by atoms with Crippen LogP contribution in [0.1, 0.15) is 18.4 Å². The van der Waals surface area contributed by atoms with Crippen molar-refractivity contribution in [1.29, 1.82) is 0 Å². The van der Waals surface area contributed by atoms with Crippen LogP contribution >= 0.6 is 0 Å². The number of likely N-dealkylation sites (tertiary alicyclic amines) is 1. The fourth-order valence-electron chi connectivity index (χ4n) is 2.97. The van der Waals surface area contributed by atoms with Gasteiger partial charge in [0.15, 0.2) is 0 Å². The summed E-state index contributed by atoms with van der Waals surface area (Å²) in [5.41, 5.74) is 1.15. The lowest BCUT2D eigenvalue weighted by atomic mass is 10.1. The van der Waals surface area contributed by atoms with Crippen molar-refractivity contribution in [2.45, 2.75) is 31.5 Å². The lowest BCUT2D eigenvalue weighted by molar-refractivity contribution is -0.155. The fourth-order valence-corrected chi connectivity index (χ4v) is 2.97. The van der Waals surface area contributed by atoms with Crippen LogP contribution in [0.5, 0.6) is 0 Å². The van der Waals surface area contributed by atoms with Gasteiger partial charge in [-0.15, -0.1) is 0 Å². The zero-order chi connectivity index (χ0) is 12.7. The third-order valence-electron chi connectivity index (χ3n) is 3.95. The molecule has 0 N–H and O–H groups in total. The largest absolute Gasteiger partial charge is 0.283 e. The number of fused-ring (bicyclic) bond motifs is 2. The molecular formula is C14H16N2O2. The van der Waals surface area contributed by atoms with E-state index in [1.807, 2.05) is 30.3 Å². The molecule has 0 saturated carbocycles. The minimum atomic E-state index is -0.113. The summed E-state index contributed by atoms with van der Waals surface area (Å²) in [5, 5.41) is 0. The molecule has 0 aromatic heterocycles. The zero-order valence-electron chi connectivity index (χ0n) is 10.4. The van der Waals surface area contributed by atoms with Gasteiger partial charge in [-0.1, -0.05) is 30.3 Å². The fraction of sp³-hybridized carbons (Fsp3) is 0.429. The summed E-state index contributed by atoms with van der Waals surface area (Å²) in [4.78, 5) is 27.5. The first-order valence-corrected chi connectivity index (χ1v) is 6.29. The normalized spacial score (nSPS) is 27.9. The Morgan fingerprint density at radius 1 is 1.06 bits per heavy atom. The molecule has 1 aromatic rings. The maximum Gasteiger partial charge on any atom is 0.246 e. The second kappa shape index (κ2) is 4.21. The third kappa shape index (κ3) is 1.64. The number of benzene rings is 1. The smallest absolute Gasteiger partial charge is 0.246 e. The maximum atomic E-state index is 12.1. The Balaban J connectivity index is 1.86. The van der Waals surface area contributed by atoms with Gasteiger partial charge in [-0.2, -0.15) is 0 Å². The molecule has 2 saturated heterocycles. The second-order valence-electron chi connectivity index (χ2n) is 5.00. The highest BCUT2D eigenvalue weighted by molar-refractivity contribution is 6.03. The Hall–Kier alpha value is -1.68. The number of amides is 2. The molecule has 2 heterocycles. The van der Waals surface area contributed by atoms with E-state index in [1.54, 1.807) is 7.05 Å². The van der Waals surface area contributed by atoms with Gasteiger partial charge in [0.25, 0.3) is 0 Å². The number of piperazine rings is 1. The van der Waals surface area contributed by atoms with Crippen molar-refractivity contribution >= 4 is 11.8 Å². The molecule has 18 heavy (non-hydrogen) atoms. The van der Waals surface area contributed by atoms with Crippen molar-refractivity contribution in [1.82, 2.24) is 9.80 Å². The molecule has 0 spiro atoms. The molecule has 0 aliphatic carbocycles. The van der Waals surface area contributed by atoms with Gasteiger partial charge in [-0.25, -0.2) is 0 Å². The number of imide groups is 1. The van der Waals surface area contributed by atoms with Crippen LogP contribution in [0.4, 0.5) is 0 Å². The molecule has 94 valence electrons. The summed E-state index contributed by atoms with van der Waals surface area (Å²) in [6, 6.07) is 9.78. The molecule has 2 amide bonds. The summed E-state index contributed by atoms with van der Waals surface area (Å²) in [6.07, 6.45) is 1.60. The van der Waals surface area contributed by atoms with E-state index in [-0.39, 0.29) is 23.9 Å². The lowest BCUT2D eigenvalue weighted by Crippen LogP contribution is -2.58. The van der Waals surface area contributed by atoms with Crippen LogP contribution in [-0.4, -0.2) is 40.7 Å². The Bertz CT molecular complexity index is 462. The van der Waals surface area contributed by atoms with Crippen molar-refractivity contribution in [3.8, 4) is 0 Å². The number of carbonyl (C=O) groups is 2. The zero-order valence-corrected chi connectivity index (χ0v) is 10.4. The minimum absolute atomic E-state index is 0.0512. The molecule has 2 atom stereocenters. The summed E-state index contributed by atoms with van der Waals surface area (Å²) >= 11 is 0. The minimum Gasteiger partial charge on any atom is -0.283 e. The highest BCUT2D eigenvalue weighted by Gasteiger charge is 2.49. The van der Waals surface area contributed by atoms with Gasteiger partial charge in [-0.3, -0.25) is 19.4 Å². The van der Waals surface area contributed by atoms with Crippen LogP contribution in [0, 0.1) is 0 Å². The quantitative estimate of drug-likeness (QED) is 0.729. The molecule has 2 aliphatic rings. The molecule has 2 fully saturated rings. The van der Waals surface area contributed by atoms with Gasteiger partial charge in [0.1, 0.15) is 0 Å². The molecule has 0 radical (unpaired) electrons. The Morgan fingerprint density at radius 3 is 2.17 bits per heavy atom. The molecule has 4 nitrogen and oxygen atoms in total. The first-order chi connectivity index (χ1) is 8.68. The van der Waals surface area contributed by atoms with Gasteiger partial charge >= 0.3 is 0 Å². The van der Waals surface area contributed by atoms with Crippen molar-refractivity contribution in [2.75, 3.05) is 7.05 Å². The lowest BCUT2D eigenvalue weighted by Gasteiger charge is -2.37. The monoisotopic (exact) mass is 244 g/mol. The Kier molecular flexibility index (Phi) is 2.67. The number of hydrogen-bond acceptors (Lipinski definition) is 3. The summed E-state index contributed by atoms with van der Waals surface area (Å²) in [7, 11) is 1.59. The van der Waals surface area contributed by atoms with Gasteiger partial charge in [-0.05, 0) is 18.4 Å². The van der Waals surface area contributed by atoms with E-state index >= 15 is 0 Å². The van der Waals surface area contributed by atoms with E-state index in [2.05, 4.69) is 4.90 Å². The van der Waals surface area contributed by atoms with Crippen LogP contribution < -0.4 is 0 Å². The number of hydrogen-bond donors (Lipinski definition) is 0. The van der Waals surface area contributed by atoms with Crippen LogP contribution in [0.25, 0.3) is 0 Å². The first kappa shape index (κ1) is 11.4. The molecule has 4 heteroatoms. The average molecular weight is 244 g/mol. The van der Waals surface area contributed by atoms with Crippen LogP contribution in [0.15, 0.2) is 30.3 Å². The Labute approximate surface area is 106 Å². The second-order valence-corrected chi connectivity index (χ2v) is 5.00. The molecule has 3 rings (SSSR count). The highest BCUT2D eigenvalue weighted by atomic mass is 16.2. The van der Waals surface area contributed by atoms with Gasteiger partial charge in [0.2, 0.25) is 11.8 Å². The molecule has 2 bridgehead atoms. The molecule has 0 unspecified atom stereocenters. The van der Waals surface area contributed by atoms with Crippen molar-refractivity contribution in [2.24, 2.45) is 0 Å². The summed E-state index contributed by atoms with van der Waals surface area (Å²) < 4.78 is 0. The van der Waals surface area contributed by atoms with Crippen LogP contribution in [0.2, 0.25) is 0 Å². The number of rotatable bonds is 2. The molecule has 1 aromatic carbocycles. The van der Waals surface area contributed by atoms with E-state index in [0.29, 0.717) is 6.54 Å². The third-order valence-corrected chi connectivity index (χ3v) is 3.95. The van der Waals surface area contributed by atoms with Gasteiger partial charge in [0.05, 0.1) is 12.1 Å².